The van der Waals surface area contributed by atoms with Crippen LogP contribution in [0, 0.1) is 11.3 Å². The first-order valence-electron chi connectivity index (χ1n) is 15.5. The number of aromatic nitrogens is 3. The summed E-state index contributed by atoms with van der Waals surface area (Å²) >= 11 is 1.49. The van der Waals surface area contributed by atoms with Crippen LogP contribution in [-0.4, -0.2) is 88.7 Å². The Labute approximate surface area is 262 Å². The van der Waals surface area contributed by atoms with Gasteiger partial charge in [0.15, 0.2) is 0 Å². The van der Waals surface area contributed by atoms with E-state index in [-0.39, 0.29) is 5.91 Å². The van der Waals surface area contributed by atoms with Crippen molar-refractivity contribution in [1.29, 1.82) is 5.26 Å². The molecule has 0 radical (unpaired) electrons. The topological polar surface area (TPSA) is 132 Å². The van der Waals surface area contributed by atoms with Crippen LogP contribution in [0.1, 0.15) is 62.4 Å². The van der Waals surface area contributed by atoms with E-state index >= 15 is 0 Å². The highest BCUT2D eigenvalue weighted by molar-refractivity contribution is 7.16. The molecular formula is C32H41N9O2S. The molecule has 232 valence electrons. The molecule has 5 heterocycles. The largest absolute Gasteiger partial charge is 0.389 e. The average molecular weight is 616 g/mol. The Morgan fingerprint density at radius 2 is 1.93 bits per heavy atom. The molecule has 0 saturated carbocycles. The van der Waals surface area contributed by atoms with Crippen molar-refractivity contribution in [2.75, 3.05) is 61.3 Å². The number of hydrogen-bond acceptors (Lipinski definition) is 11. The molecule has 3 aliphatic rings. The second kappa shape index (κ2) is 11.9. The number of piperazine rings is 2. The summed E-state index contributed by atoms with van der Waals surface area (Å²) in [6, 6.07) is 7.27. The zero-order valence-electron chi connectivity index (χ0n) is 26.0. The highest BCUT2D eigenvalue weighted by Crippen LogP contribution is 2.48. The van der Waals surface area contributed by atoms with Gasteiger partial charge in [0.1, 0.15) is 22.6 Å². The number of nitrogen functional groups attached to an aromatic ring is 1. The number of amides is 1. The number of carbonyl (C=O) groups is 1. The van der Waals surface area contributed by atoms with Crippen molar-refractivity contribution in [3.05, 3.63) is 46.7 Å². The number of nitrogens with zero attached hydrogens (tertiary/aromatic N) is 8. The fraction of sp³-hybridized carbons (Fsp3) is 0.531. The fourth-order valence-corrected chi connectivity index (χ4v) is 8.49. The third-order valence-corrected chi connectivity index (χ3v) is 10.7. The number of rotatable bonds is 6. The minimum absolute atomic E-state index is 0.0387. The van der Waals surface area contributed by atoms with Crippen molar-refractivity contribution >= 4 is 33.8 Å². The molecule has 2 aliphatic heterocycles. The van der Waals surface area contributed by atoms with E-state index in [1.54, 1.807) is 0 Å². The van der Waals surface area contributed by atoms with E-state index in [1.807, 2.05) is 11.0 Å². The number of aryl methyl sites for hydroxylation is 1. The van der Waals surface area contributed by atoms with Crippen molar-refractivity contribution in [3.8, 4) is 17.6 Å². The Balaban J connectivity index is 1.37. The summed E-state index contributed by atoms with van der Waals surface area (Å²) in [5.74, 6) is 1.74. The first kappa shape index (κ1) is 30.1. The summed E-state index contributed by atoms with van der Waals surface area (Å²) in [6.07, 6.45) is 4.01. The number of carbonyl (C=O) groups excluding carboxylic acids is 1. The van der Waals surface area contributed by atoms with Gasteiger partial charge in [-0.3, -0.25) is 9.69 Å². The van der Waals surface area contributed by atoms with E-state index in [0.29, 0.717) is 66.2 Å². The second-order valence-electron chi connectivity index (χ2n) is 12.4. The quantitative estimate of drug-likeness (QED) is 0.405. The minimum atomic E-state index is -0.603. The van der Waals surface area contributed by atoms with Crippen LogP contribution in [0.4, 0.5) is 16.5 Å². The maximum Gasteiger partial charge on any atom is 0.246 e. The molecule has 1 amide bonds. The van der Waals surface area contributed by atoms with Gasteiger partial charge in [-0.25, -0.2) is 4.98 Å². The summed E-state index contributed by atoms with van der Waals surface area (Å²) in [4.78, 5) is 32.4. The van der Waals surface area contributed by atoms with Gasteiger partial charge in [-0.2, -0.15) is 10.2 Å². The van der Waals surface area contributed by atoms with Crippen LogP contribution in [0.5, 0.6) is 0 Å². The third kappa shape index (κ3) is 5.22. The molecule has 3 aromatic rings. The van der Waals surface area contributed by atoms with Gasteiger partial charge < -0.3 is 25.0 Å². The van der Waals surface area contributed by atoms with Crippen molar-refractivity contribution < 1.29 is 9.32 Å². The molecule has 1 aliphatic carbocycles. The second-order valence-corrected chi connectivity index (χ2v) is 13.5. The van der Waals surface area contributed by atoms with Gasteiger partial charge in [0.2, 0.25) is 17.6 Å². The molecule has 1 unspecified atom stereocenters. The first-order valence-corrected chi connectivity index (χ1v) is 16.3. The van der Waals surface area contributed by atoms with E-state index in [1.165, 1.54) is 17.4 Å². The Hall–Kier alpha value is -3.95. The number of thiophene rings is 1. The number of nitrogens with two attached hydrogens (primary N) is 1. The Morgan fingerprint density at radius 1 is 1.20 bits per heavy atom. The zero-order chi connectivity index (χ0) is 31.2. The summed E-state index contributed by atoms with van der Waals surface area (Å²) < 4.78 is 5.98. The summed E-state index contributed by atoms with van der Waals surface area (Å²) in [7, 11) is 0. The van der Waals surface area contributed by atoms with Crippen LogP contribution in [0.25, 0.3) is 11.5 Å². The predicted octanol–water partition coefficient (Wildman–Crippen LogP) is 4.04. The van der Waals surface area contributed by atoms with Gasteiger partial charge in [0, 0.05) is 73.5 Å². The highest BCUT2D eigenvalue weighted by atomic mass is 32.1. The Morgan fingerprint density at radius 3 is 2.59 bits per heavy atom. The molecule has 0 spiro atoms. The van der Waals surface area contributed by atoms with Crippen LogP contribution in [0.3, 0.4) is 0 Å². The third-order valence-electron chi connectivity index (χ3n) is 9.60. The molecule has 2 saturated heterocycles. The molecule has 2 fully saturated rings. The fourth-order valence-electron chi connectivity index (χ4n) is 7.30. The lowest BCUT2D eigenvalue weighted by Gasteiger charge is -2.44. The molecule has 6 rings (SSSR count). The average Bonchev–Trinajstić information content (AvgIpc) is 3.66. The summed E-state index contributed by atoms with van der Waals surface area (Å²) in [5, 5.41) is 14.9. The Kier molecular flexibility index (Phi) is 8.11. The number of anilines is 3. The van der Waals surface area contributed by atoms with Crippen LogP contribution in [0.2, 0.25) is 0 Å². The maximum atomic E-state index is 12.2. The van der Waals surface area contributed by atoms with Gasteiger partial charge in [-0.1, -0.05) is 18.7 Å². The van der Waals surface area contributed by atoms with E-state index in [2.05, 4.69) is 66.3 Å². The number of hydrogen-bond donors (Lipinski definition) is 1. The monoisotopic (exact) mass is 615 g/mol. The first-order chi connectivity index (χ1) is 21.2. The molecule has 12 heteroatoms. The van der Waals surface area contributed by atoms with Gasteiger partial charge in [-0.05, 0) is 58.7 Å². The minimum Gasteiger partial charge on any atom is -0.389 e. The molecule has 0 aromatic carbocycles. The van der Waals surface area contributed by atoms with E-state index in [9.17, 15) is 10.1 Å². The standard InChI is InChI=1S/C32H41N9O2S/c1-6-27(42)39-13-11-38(12-14-39)22-15-24(35-26(16-22)40-18-20(3)41(7-2)21(4)19-40)30-36-31(43-37-30)32(5)10-8-9-25-28(32)23(17-33)29(34)44-25/h6,15-16,20-21H,1,7-14,18-19,34H2,2-5H3/t20-,21+,32?. The zero-order valence-corrected chi connectivity index (χ0v) is 26.9. The molecule has 3 aromatic heterocycles. The number of nitriles is 1. The van der Waals surface area contributed by atoms with Gasteiger partial charge >= 0.3 is 0 Å². The lowest BCUT2D eigenvalue weighted by atomic mass is 9.72. The number of pyridine rings is 1. The molecule has 2 N–H and O–H groups in total. The van der Waals surface area contributed by atoms with Crippen LogP contribution < -0.4 is 15.5 Å². The van der Waals surface area contributed by atoms with Gasteiger partial charge in [0.25, 0.3) is 0 Å². The van der Waals surface area contributed by atoms with Crippen LogP contribution in [0.15, 0.2) is 29.3 Å². The van der Waals surface area contributed by atoms with Gasteiger partial charge in [0.05, 0.1) is 11.0 Å². The molecular weight excluding hydrogens is 574 g/mol. The smallest absolute Gasteiger partial charge is 0.246 e. The maximum absolute atomic E-state index is 12.2. The predicted molar refractivity (Wildman–Crippen MR) is 173 cm³/mol. The molecule has 44 heavy (non-hydrogen) atoms. The molecule has 11 nitrogen and oxygen atoms in total. The number of likely N-dealkylation sites (N-methyl/N-ethyl adjacent to an activating group) is 1. The van der Waals surface area contributed by atoms with Crippen molar-refractivity contribution in [2.24, 2.45) is 0 Å². The molecule has 3 atom stereocenters. The van der Waals surface area contributed by atoms with E-state index < -0.39 is 5.41 Å². The molecule has 0 bridgehead atoms. The normalized spacial score (nSPS) is 24.2. The van der Waals surface area contributed by atoms with Crippen LogP contribution in [-0.2, 0) is 16.6 Å². The highest BCUT2D eigenvalue weighted by Gasteiger charge is 2.43. The lowest BCUT2D eigenvalue weighted by Crippen LogP contribution is -2.56. The van der Waals surface area contributed by atoms with Gasteiger partial charge in [-0.15, -0.1) is 11.3 Å². The van der Waals surface area contributed by atoms with Crippen LogP contribution >= 0.6 is 11.3 Å². The van der Waals surface area contributed by atoms with Crippen molar-refractivity contribution in [1.82, 2.24) is 24.9 Å². The summed E-state index contributed by atoms with van der Waals surface area (Å²) in [5.41, 5.74) is 8.76. The lowest BCUT2D eigenvalue weighted by molar-refractivity contribution is -0.126. The Bertz CT molecular complexity index is 1590. The summed E-state index contributed by atoms with van der Waals surface area (Å²) in [6.45, 7) is 17.9. The van der Waals surface area contributed by atoms with E-state index in [0.717, 1.165) is 60.8 Å². The number of fused-ring (bicyclic) bond motifs is 1. The van der Waals surface area contributed by atoms with Crippen molar-refractivity contribution in [3.63, 3.8) is 0 Å². The van der Waals surface area contributed by atoms with Crippen molar-refractivity contribution in [2.45, 2.75) is 64.5 Å². The SMILES string of the molecule is C=CC(=O)N1CCN(c2cc(-c3noc(C4(C)CCCc5sc(N)c(C#N)c54)n3)nc(N3C[C@@H](C)N(CC)[C@@H](C)C3)c2)CC1. The van der Waals surface area contributed by atoms with E-state index in [4.69, 9.17) is 20.2 Å².